The summed E-state index contributed by atoms with van der Waals surface area (Å²) in [5.74, 6) is 0.858. The molecule has 0 fully saturated rings. The number of benzene rings is 1. The molecule has 0 aliphatic carbocycles. The van der Waals surface area contributed by atoms with Crippen LogP contribution in [0, 0.1) is 10.6 Å². The van der Waals surface area contributed by atoms with E-state index in [1.807, 2.05) is 24.4 Å². The van der Waals surface area contributed by atoms with Crippen LogP contribution in [0.2, 0.25) is 5.02 Å². The largest absolute Gasteiger partial charge is 0.383 e. The van der Waals surface area contributed by atoms with E-state index in [9.17, 15) is 4.79 Å². The second-order valence-electron chi connectivity index (χ2n) is 6.62. The van der Waals surface area contributed by atoms with Crippen LogP contribution in [0.1, 0.15) is 11.4 Å². The molecule has 8 nitrogen and oxygen atoms in total. The Labute approximate surface area is 192 Å². The average molecular weight is 550 g/mol. The van der Waals surface area contributed by atoms with Gasteiger partial charge in [-0.15, -0.1) is 11.3 Å². The van der Waals surface area contributed by atoms with Gasteiger partial charge in [0.2, 0.25) is 0 Å². The molecule has 4 heterocycles. The number of nitrogen functional groups attached to an aromatic ring is 1. The van der Waals surface area contributed by atoms with Crippen molar-refractivity contribution in [3.63, 3.8) is 0 Å². The summed E-state index contributed by atoms with van der Waals surface area (Å²) in [5.41, 5.74) is 7.88. The number of aryl methyl sites for hydroxylation is 1. The zero-order chi connectivity index (χ0) is 21.0. The van der Waals surface area contributed by atoms with Gasteiger partial charge in [0.15, 0.2) is 5.65 Å². The fourth-order valence-corrected chi connectivity index (χ4v) is 5.32. The van der Waals surface area contributed by atoms with Crippen molar-refractivity contribution in [3.8, 4) is 5.69 Å². The van der Waals surface area contributed by atoms with Gasteiger partial charge in [-0.3, -0.25) is 9.36 Å². The molecule has 2 N–H and O–H groups in total. The van der Waals surface area contributed by atoms with Gasteiger partial charge in [0.1, 0.15) is 33.0 Å². The minimum Gasteiger partial charge on any atom is -0.383 e. The van der Waals surface area contributed by atoms with Crippen LogP contribution in [0.3, 0.4) is 0 Å². The molecule has 1 aromatic carbocycles. The molecular formula is C19H13ClIN7OS. The molecule has 0 unspecified atom stereocenters. The van der Waals surface area contributed by atoms with Crippen molar-refractivity contribution in [1.82, 2.24) is 29.3 Å². The molecule has 5 aromatic rings. The predicted molar refractivity (Wildman–Crippen MR) is 127 cm³/mol. The highest BCUT2D eigenvalue weighted by molar-refractivity contribution is 14.1. The predicted octanol–water partition coefficient (Wildman–Crippen LogP) is 3.78. The van der Waals surface area contributed by atoms with Crippen molar-refractivity contribution in [1.29, 1.82) is 0 Å². The Morgan fingerprint density at radius 3 is 2.83 bits per heavy atom. The molecule has 0 saturated carbocycles. The van der Waals surface area contributed by atoms with Crippen molar-refractivity contribution in [3.05, 3.63) is 66.4 Å². The normalized spacial score (nSPS) is 11.6. The first kappa shape index (κ1) is 19.4. The van der Waals surface area contributed by atoms with Crippen molar-refractivity contribution < 1.29 is 0 Å². The first-order chi connectivity index (χ1) is 14.5. The Morgan fingerprint density at radius 2 is 2.03 bits per heavy atom. The Bertz CT molecular complexity index is 1510. The van der Waals surface area contributed by atoms with E-state index < -0.39 is 0 Å². The molecule has 5 rings (SSSR count). The number of fused-ring (bicyclic) bond motifs is 2. The number of nitrogens with two attached hydrogens (primary N) is 1. The van der Waals surface area contributed by atoms with Gasteiger partial charge in [-0.1, -0.05) is 23.7 Å². The van der Waals surface area contributed by atoms with Gasteiger partial charge >= 0.3 is 0 Å². The standard InChI is InChI=1S/C19H13ClIN7OS/c1-9-7-30-18-13(9)19(29)28(11-5-3-2-4-10(11)20)12(25-18)6-27-17-14(15(21)26-27)16(22)23-8-24-17/h2-5,7-8H,6H2,1H3,(H2,22,23,24). The van der Waals surface area contributed by atoms with Gasteiger partial charge in [-0.25, -0.2) is 19.6 Å². The molecule has 11 heteroatoms. The molecule has 0 saturated heterocycles. The number of anilines is 1. The molecule has 150 valence electrons. The second-order valence-corrected chi connectivity index (χ2v) is 8.91. The number of hydrogen-bond donors (Lipinski definition) is 1. The highest BCUT2D eigenvalue weighted by Crippen LogP contribution is 2.27. The number of para-hydroxylation sites is 1. The molecule has 0 aliphatic heterocycles. The van der Waals surface area contributed by atoms with Crippen LogP contribution in [-0.2, 0) is 6.54 Å². The summed E-state index contributed by atoms with van der Waals surface area (Å²) in [6.45, 7) is 2.12. The van der Waals surface area contributed by atoms with Gasteiger partial charge in [0.05, 0.1) is 21.5 Å². The van der Waals surface area contributed by atoms with E-state index in [2.05, 4.69) is 37.7 Å². The van der Waals surface area contributed by atoms with E-state index in [0.29, 0.717) is 47.3 Å². The summed E-state index contributed by atoms with van der Waals surface area (Å²) in [6, 6.07) is 7.20. The van der Waals surface area contributed by atoms with Crippen molar-refractivity contribution in [2.45, 2.75) is 13.5 Å². The average Bonchev–Trinajstić information content (AvgIpc) is 3.24. The van der Waals surface area contributed by atoms with Gasteiger partial charge < -0.3 is 5.73 Å². The van der Waals surface area contributed by atoms with Gasteiger partial charge in [0, 0.05) is 0 Å². The maximum Gasteiger partial charge on any atom is 0.267 e. The van der Waals surface area contributed by atoms with Crippen LogP contribution < -0.4 is 11.3 Å². The summed E-state index contributed by atoms with van der Waals surface area (Å²) in [4.78, 5) is 27.3. The molecule has 0 bridgehead atoms. The highest BCUT2D eigenvalue weighted by Gasteiger charge is 2.20. The van der Waals surface area contributed by atoms with Crippen LogP contribution in [-0.4, -0.2) is 29.3 Å². The third-order valence-electron chi connectivity index (χ3n) is 4.76. The van der Waals surface area contributed by atoms with E-state index in [-0.39, 0.29) is 12.1 Å². The zero-order valence-corrected chi connectivity index (χ0v) is 19.2. The Kier molecular flexibility index (Phi) is 4.71. The lowest BCUT2D eigenvalue weighted by Crippen LogP contribution is -2.25. The maximum atomic E-state index is 13.5. The second kappa shape index (κ2) is 7.29. The Hall–Kier alpha value is -2.57. The quantitative estimate of drug-likeness (QED) is 0.344. The molecule has 0 aliphatic rings. The number of thiophene rings is 1. The summed E-state index contributed by atoms with van der Waals surface area (Å²) in [7, 11) is 0. The lowest BCUT2D eigenvalue weighted by molar-refractivity contribution is 0.646. The van der Waals surface area contributed by atoms with Crippen molar-refractivity contribution in [2.75, 3.05) is 5.73 Å². The van der Waals surface area contributed by atoms with Gasteiger partial charge in [-0.2, -0.15) is 5.10 Å². The lowest BCUT2D eigenvalue weighted by atomic mass is 10.2. The summed E-state index contributed by atoms with van der Waals surface area (Å²) in [5, 5.41) is 8.22. The Balaban J connectivity index is 1.80. The number of halogens is 2. The van der Waals surface area contributed by atoms with Crippen LogP contribution in [0.25, 0.3) is 26.9 Å². The molecule has 30 heavy (non-hydrogen) atoms. The minimum absolute atomic E-state index is 0.165. The van der Waals surface area contributed by atoms with E-state index in [4.69, 9.17) is 22.3 Å². The van der Waals surface area contributed by atoms with E-state index in [1.54, 1.807) is 21.4 Å². The SMILES string of the molecule is Cc1csc2nc(Cn3nc(I)c4c(N)ncnc43)n(-c3ccccc3Cl)c(=O)c12. The van der Waals surface area contributed by atoms with E-state index in [0.717, 1.165) is 5.56 Å². The van der Waals surface area contributed by atoms with E-state index >= 15 is 0 Å². The third-order valence-corrected chi connectivity index (χ3v) is 6.83. The molecule has 4 aromatic heterocycles. The highest BCUT2D eigenvalue weighted by atomic mass is 127. The molecule has 0 amide bonds. The Morgan fingerprint density at radius 1 is 1.23 bits per heavy atom. The number of rotatable bonds is 3. The molecule has 0 atom stereocenters. The lowest BCUT2D eigenvalue weighted by Gasteiger charge is -2.14. The van der Waals surface area contributed by atoms with Crippen molar-refractivity contribution in [2.24, 2.45) is 0 Å². The zero-order valence-electron chi connectivity index (χ0n) is 15.5. The summed E-state index contributed by atoms with van der Waals surface area (Å²) < 4.78 is 3.91. The first-order valence-corrected chi connectivity index (χ1v) is 11.2. The fourth-order valence-electron chi connectivity index (χ4n) is 3.39. The van der Waals surface area contributed by atoms with E-state index in [1.165, 1.54) is 17.7 Å². The van der Waals surface area contributed by atoms with Crippen molar-refractivity contribution >= 4 is 72.6 Å². The van der Waals surface area contributed by atoms with Crippen LogP contribution in [0.4, 0.5) is 5.82 Å². The first-order valence-electron chi connectivity index (χ1n) is 8.83. The maximum absolute atomic E-state index is 13.5. The molecular weight excluding hydrogens is 537 g/mol. The molecule has 0 radical (unpaired) electrons. The number of hydrogen-bond acceptors (Lipinski definition) is 7. The summed E-state index contributed by atoms with van der Waals surface area (Å²) >= 11 is 9.98. The van der Waals surface area contributed by atoms with Gasteiger partial charge in [0.25, 0.3) is 5.56 Å². The summed E-state index contributed by atoms with van der Waals surface area (Å²) in [6.07, 6.45) is 1.40. The van der Waals surface area contributed by atoms with Crippen LogP contribution >= 0.6 is 45.5 Å². The van der Waals surface area contributed by atoms with Gasteiger partial charge in [-0.05, 0) is 52.6 Å². The smallest absolute Gasteiger partial charge is 0.267 e. The molecule has 0 spiro atoms. The monoisotopic (exact) mass is 549 g/mol. The van der Waals surface area contributed by atoms with Crippen LogP contribution in [0.5, 0.6) is 0 Å². The third kappa shape index (κ3) is 2.97. The topological polar surface area (TPSA) is 105 Å². The van der Waals surface area contributed by atoms with Crippen LogP contribution in [0.15, 0.2) is 40.8 Å². The minimum atomic E-state index is -0.165. The fraction of sp³-hybridized carbons (Fsp3) is 0.105. The number of nitrogens with zero attached hydrogens (tertiary/aromatic N) is 6. The number of aromatic nitrogens is 6.